The number of ether oxygens (including phenoxy) is 1. The maximum atomic E-state index is 12.0. The number of carbonyl (C=O) groups is 2. The highest BCUT2D eigenvalue weighted by atomic mass is 16.5. The second-order valence-electron chi connectivity index (χ2n) is 8.72. The molecule has 1 unspecified atom stereocenters. The van der Waals surface area contributed by atoms with Gasteiger partial charge in [-0.15, -0.1) is 0 Å². The van der Waals surface area contributed by atoms with Gasteiger partial charge in [0.05, 0.1) is 6.20 Å². The third kappa shape index (κ3) is 6.95. The zero-order valence-corrected chi connectivity index (χ0v) is 20.2. The van der Waals surface area contributed by atoms with Crippen LogP contribution in [0.25, 0.3) is 0 Å². The Morgan fingerprint density at radius 1 is 1.21 bits per heavy atom. The molecule has 1 saturated heterocycles. The molecule has 0 saturated carbocycles. The average Bonchev–Trinajstić information content (AvgIpc) is 2.80. The monoisotopic (exact) mass is 470 g/mol. The van der Waals surface area contributed by atoms with E-state index in [0.717, 1.165) is 37.4 Å². The highest BCUT2D eigenvalue weighted by molar-refractivity contribution is 5.96. The molecule has 1 aromatic carbocycles. The molecule has 3 amide bonds. The Bertz CT molecular complexity index is 981. The van der Waals surface area contributed by atoms with Crippen molar-refractivity contribution in [1.82, 2.24) is 25.1 Å². The van der Waals surface area contributed by atoms with Gasteiger partial charge in [0.25, 0.3) is 5.91 Å². The fourth-order valence-electron chi connectivity index (χ4n) is 3.52. The number of nitrogens with zero attached hydrogens (tertiary/aromatic N) is 5. The van der Waals surface area contributed by atoms with Crippen LogP contribution in [0.3, 0.4) is 0 Å². The molecule has 11 heteroatoms. The minimum absolute atomic E-state index is 0.00211. The van der Waals surface area contributed by atoms with Crippen LogP contribution in [0.2, 0.25) is 0 Å². The zero-order chi connectivity index (χ0) is 24.7. The summed E-state index contributed by atoms with van der Waals surface area (Å²) in [6.07, 6.45) is 3.33. The largest absolute Gasteiger partial charge is 0.492 e. The molecule has 184 valence electrons. The molecule has 1 fully saturated rings. The number of benzene rings is 1. The quantitative estimate of drug-likeness (QED) is 0.503. The van der Waals surface area contributed by atoms with Crippen molar-refractivity contribution >= 4 is 29.3 Å². The van der Waals surface area contributed by atoms with Crippen molar-refractivity contribution in [2.24, 2.45) is 5.73 Å². The van der Waals surface area contributed by atoms with Gasteiger partial charge in [0, 0.05) is 45.5 Å². The van der Waals surface area contributed by atoms with Crippen molar-refractivity contribution in [3.05, 3.63) is 36.2 Å². The van der Waals surface area contributed by atoms with E-state index < -0.39 is 5.91 Å². The number of rotatable bonds is 9. The lowest BCUT2D eigenvalue weighted by Gasteiger charge is -2.34. The van der Waals surface area contributed by atoms with Crippen LogP contribution in [-0.2, 0) is 0 Å². The molecule has 0 bridgehead atoms. The predicted molar refractivity (Wildman–Crippen MR) is 132 cm³/mol. The molecule has 1 aliphatic heterocycles. The summed E-state index contributed by atoms with van der Waals surface area (Å²) in [7, 11) is 7.41. The maximum Gasteiger partial charge on any atom is 0.317 e. The first-order chi connectivity index (χ1) is 16.2. The lowest BCUT2D eigenvalue weighted by Crippen LogP contribution is -2.50. The van der Waals surface area contributed by atoms with Crippen molar-refractivity contribution in [1.29, 1.82) is 0 Å². The molecule has 1 aromatic heterocycles. The van der Waals surface area contributed by atoms with Crippen molar-refractivity contribution < 1.29 is 14.3 Å². The van der Waals surface area contributed by atoms with Crippen LogP contribution in [0.4, 0.5) is 22.1 Å². The Hall–Kier alpha value is -3.60. The van der Waals surface area contributed by atoms with E-state index >= 15 is 0 Å². The summed E-state index contributed by atoms with van der Waals surface area (Å²) in [6, 6.07) is 7.26. The van der Waals surface area contributed by atoms with Crippen LogP contribution >= 0.6 is 0 Å². The van der Waals surface area contributed by atoms with Crippen LogP contribution < -0.4 is 26.0 Å². The van der Waals surface area contributed by atoms with E-state index in [9.17, 15) is 9.59 Å². The number of anilines is 3. The molecule has 3 rings (SSSR count). The fraction of sp³-hybridized carbons (Fsp3) is 0.478. The molecule has 4 N–H and O–H groups in total. The summed E-state index contributed by atoms with van der Waals surface area (Å²) in [6.45, 7) is 2.78. The number of urea groups is 1. The zero-order valence-electron chi connectivity index (χ0n) is 20.2. The third-order valence-electron chi connectivity index (χ3n) is 5.40. The molecule has 0 radical (unpaired) electrons. The van der Waals surface area contributed by atoms with E-state index in [2.05, 4.69) is 25.5 Å². The van der Waals surface area contributed by atoms with E-state index in [-0.39, 0.29) is 23.6 Å². The summed E-state index contributed by atoms with van der Waals surface area (Å²) < 4.78 is 5.72. The molecule has 0 spiro atoms. The Morgan fingerprint density at radius 2 is 1.94 bits per heavy atom. The summed E-state index contributed by atoms with van der Waals surface area (Å²) >= 11 is 0. The van der Waals surface area contributed by atoms with Gasteiger partial charge in [0.1, 0.15) is 18.2 Å². The first kappa shape index (κ1) is 25.0. The molecule has 0 aliphatic carbocycles. The van der Waals surface area contributed by atoms with Gasteiger partial charge in [0.15, 0.2) is 11.5 Å². The highest BCUT2D eigenvalue weighted by Crippen LogP contribution is 2.24. The van der Waals surface area contributed by atoms with Gasteiger partial charge >= 0.3 is 6.03 Å². The van der Waals surface area contributed by atoms with Crippen molar-refractivity contribution in [2.45, 2.75) is 18.9 Å². The summed E-state index contributed by atoms with van der Waals surface area (Å²) in [5.74, 6) is 0.979. The Kier molecular flexibility index (Phi) is 8.47. The molecule has 2 heterocycles. The average molecular weight is 471 g/mol. The lowest BCUT2D eigenvalue weighted by atomic mass is 10.1. The second-order valence-corrected chi connectivity index (χ2v) is 8.72. The number of hydrogen-bond donors (Lipinski definition) is 3. The van der Waals surface area contributed by atoms with E-state index in [0.29, 0.717) is 19.0 Å². The van der Waals surface area contributed by atoms with Crippen LogP contribution in [0.5, 0.6) is 5.75 Å². The number of nitrogens with two attached hydrogens (primary N) is 1. The first-order valence-electron chi connectivity index (χ1n) is 11.3. The molecular weight excluding hydrogens is 436 g/mol. The summed E-state index contributed by atoms with van der Waals surface area (Å²) in [5.41, 5.74) is 6.32. The number of aromatic nitrogens is 2. The minimum Gasteiger partial charge on any atom is -0.492 e. The van der Waals surface area contributed by atoms with Gasteiger partial charge in [-0.3, -0.25) is 4.79 Å². The number of nitrogens with one attached hydrogen (secondary N) is 2. The number of likely N-dealkylation sites (N-methyl/N-ethyl adjacent to an activating group) is 1. The maximum absolute atomic E-state index is 12.0. The van der Waals surface area contributed by atoms with E-state index in [1.165, 1.54) is 4.90 Å². The van der Waals surface area contributed by atoms with Crippen molar-refractivity contribution in [3.8, 4) is 5.75 Å². The van der Waals surface area contributed by atoms with E-state index in [1.807, 2.05) is 43.3 Å². The van der Waals surface area contributed by atoms with Crippen molar-refractivity contribution in [3.63, 3.8) is 0 Å². The van der Waals surface area contributed by atoms with Gasteiger partial charge in [-0.2, -0.15) is 0 Å². The Balaban J connectivity index is 1.72. The Labute approximate surface area is 200 Å². The summed E-state index contributed by atoms with van der Waals surface area (Å²) in [4.78, 5) is 38.5. The van der Waals surface area contributed by atoms with E-state index in [4.69, 9.17) is 10.5 Å². The molecule has 1 aliphatic rings. The fourth-order valence-corrected chi connectivity index (χ4v) is 3.52. The first-order valence-corrected chi connectivity index (χ1v) is 11.3. The molecule has 34 heavy (non-hydrogen) atoms. The minimum atomic E-state index is -0.667. The topological polar surface area (TPSA) is 129 Å². The normalized spacial score (nSPS) is 15.7. The number of carbonyl (C=O) groups excluding carboxylic acids is 2. The molecular formula is C23H34N8O3. The SMILES string of the molecule is CN(C)CCOc1ccc(Nc2nc(N3CCCC(NC(=O)N(C)C)C3)cnc2C(N)=O)cc1. The van der Waals surface area contributed by atoms with Gasteiger partial charge < -0.3 is 35.8 Å². The number of amides is 3. The van der Waals surface area contributed by atoms with Gasteiger partial charge in [-0.25, -0.2) is 14.8 Å². The van der Waals surface area contributed by atoms with E-state index in [1.54, 1.807) is 20.3 Å². The molecule has 11 nitrogen and oxygen atoms in total. The van der Waals surface area contributed by atoms with Gasteiger partial charge in [-0.05, 0) is 51.2 Å². The standard InChI is InChI=1S/C23H34N8O3/c1-29(2)12-13-34-18-9-7-16(8-10-18)26-22-20(21(24)32)25-14-19(28-22)31-11-5-6-17(15-31)27-23(33)30(3)4/h7-10,14,17H,5-6,11-13,15H2,1-4H3,(H2,24,32)(H,26,28)(H,27,33). The van der Waals surface area contributed by atoms with Crippen LogP contribution in [0, 0.1) is 0 Å². The van der Waals surface area contributed by atoms with Gasteiger partial charge in [-0.1, -0.05) is 0 Å². The van der Waals surface area contributed by atoms with Crippen LogP contribution in [0.15, 0.2) is 30.5 Å². The number of piperidine rings is 1. The number of primary amides is 1. The Morgan fingerprint density at radius 3 is 2.59 bits per heavy atom. The third-order valence-corrected chi connectivity index (χ3v) is 5.40. The predicted octanol–water partition coefficient (Wildman–Crippen LogP) is 1.50. The van der Waals surface area contributed by atoms with Crippen molar-refractivity contribution in [2.75, 3.05) is 64.6 Å². The summed E-state index contributed by atoms with van der Waals surface area (Å²) in [5, 5.41) is 6.17. The lowest BCUT2D eigenvalue weighted by molar-refractivity contribution is 0.0996. The van der Waals surface area contributed by atoms with Crippen LogP contribution in [-0.4, -0.2) is 92.2 Å². The molecule has 2 aromatic rings. The second kappa shape index (κ2) is 11.5. The number of hydrogen-bond acceptors (Lipinski definition) is 8. The van der Waals surface area contributed by atoms with Crippen LogP contribution in [0.1, 0.15) is 23.3 Å². The highest BCUT2D eigenvalue weighted by Gasteiger charge is 2.24. The smallest absolute Gasteiger partial charge is 0.317 e. The molecule has 1 atom stereocenters. The van der Waals surface area contributed by atoms with Gasteiger partial charge in [0.2, 0.25) is 0 Å².